The Morgan fingerprint density at radius 2 is 1.77 bits per heavy atom. The van der Waals surface area contributed by atoms with Gasteiger partial charge < -0.3 is 9.15 Å². The van der Waals surface area contributed by atoms with Crippen molar-refractivity contribution in [3.63, 3.8) is 0 Å². The van der Waals surface area contributed by atoms with Gasteiger partial charge in [-0.15, -0.1) is 10.2 Å². The molecule has 3 aromatic rings. The lowest BCUT2D eigenvalue weighted by atomic mass is 10.1. The van der Waals surface area contributed by atoms with Crippen LogP contribution >= 0.6 is 11.8 Å². The van der Waals surface area contributed by atoms with Gasteiger partial charge in [0, 0.05) is 11.1 Å². The number of nitrogens with zero attached hydrogens (tertiary/aromatic N) is 2. The van der Waals surface area contributed by atoms with E-state index in [1.807, 2.05) is 32.9 Å². The lowest BCUT2D eigenvalue weighted by Gasteiger charge is -2.03. The molecular formula is C20H20N2O3S. The summed E-state index contributed by atoms with van der Waals surface area (Å²) in [5.74, 6) is 1.46. The maximum atomic E-state index is 12.3. The van der Waals surface area contributed by atoms with E-state index >= 15 is 0 Å². The minimum absolute atomic E-state index is 0.00389. The van der Waals surface area contributed by atoms with E-state index in [1.54, 1.807) is 24.3 Å². The first kappa shape index (κ1) is 18.2. The number of carbonyl (C=O) groups is 1. The molecular weight excluding hydrogens is 348 g/mol. The van der Waals surface area contributed by atoms with Gasteiger partial charge in [0.2, 0.25) is 5.89 Å². The highest BCUT2D eigenvalue weighted by Gasteiger charge is 2.13. The van der Waals surface area contributed by atoms with Crippen LogP contribution in [0.3, 0.4) is 0 Å². The Morgan fingerprint density at radius 3 is 2.42 bits per heavy atom. The number of benzene rings is 2. The molecule has 0 aliphatic carbocycles. The van der Waals surface area contributed by atoms with E-state index in [9.17, 15) is 4.79 Å². The van der Waals surface area contributed by atoms with Crippen molar-refractivity contribution in [3.8, 4) is 17.2 Å². The number of thioether (sulfide) groups is 1. The normalized spacial score (nSPS) is 10.7. The van der Waals surface area contributed by atoms with E-state index in [-0.39, 0.29) is 11.5 Å². The van der Waals surface area contributed by atoms with E-state index in [1.165, 1.54) is 11.8 Å². The zero-order valence-electron chi connectivity index (χ0n) is 15.0. The first-order chi connectivity index (χ1) is 12.5. The van der Waals surface area contributed by atoms with Gasteiger partial charge in [0.25, 0.3) is 5.22 Å². The third kappa shape index (κ3) is 4.52. The minimum atomic E-state index is 0.00389. The monoisotopic (exact) mass is 368 g/mol. The van der Waals surface area contributed by atoms with Crippen molar-refractivity contribution >= 4 is 17.5 Å². The Balaban J connectivity index is 1.63. The third-order valence-electron chi connectivity index (χ3n) is 3.69. The third-order valence-corrected chi connectivity index (χ3v) is 4.51. The molecule has 1 aromatic heterocycles. The second-order valence-electron chi connectivity index (χ2n) is 5.92. The molecule has 0 aliphatic rings. The van der Waals surface area contributed by atoms with E-state index in [0.29, 0.717) is 23.3 Å². The molecule has 0 saturated carbocycles. The predicted octanol–water partition coefficient (Wildman–Crippen LogP) is 4.73. The molecule has 0 radical (unpaired) electrons. The summed E-state index contributed by atoms with van der Waals surface area (Å²) in [6.07, 6.45) is 0. The molecule has 3 rings (SSSR count). The van der Waals surface area contributed by atoms with Crippen LogP contribution in [0.2, 0.25) is 0 Å². The highest BCUT2D eigenvalue weighted by molar-refractivity contribution is 7.99. The molecule has 0 saturated heterocycles. The van der Waals surface area contributed by atoms with Gasteiger partial charge in [0.1, 0.15) is 5.75 Å². The van der Waals surface area contributed by atoms with Gasteiger partial charge >= 0.3 is 0 Å². The van der Waals surface area contributed by atoms with Crippen LogP contribution in [0, 0.1) is 13.8 Å². The van der Waals surface area contributed by atoms with Crippen LogP contribution in [-0.4, -0.2) is 28.3 Å². The first-order valence-corrected chi connectivity index (χ1v) is 9.34. The molecule has 26 heavy (non-hydrogen) atoms. The SMILES string of the molecule is CCOc1ccc(C(=O)CSc2nnc(-c3cc(C)cc(C)c3)o2)cc1. The van der Waals surface area contributed by atoms with Crippen molar-refractivity contribution in [3.05, 3.63) is 59.2 Å². The van der Waals surface area contributed by atoms with Crippen LogP contribution in [0.1, 0.15) is 28.4 Å². The fourth-order valence-corrected chi connectivity index (χ4v) is 3.25. The Hall–Kier alpha value is -2.60. The van der Waals surface area contributed by atoms with Crippen LogP contribution in [0.5, 0.6) is 5.75 Å². The van der Waals surface area contributed by atoms with Crippen molar-refractivity contribution in [2.45, 2.75) is 26.0 Å². The molecule has 0 fully saturated rings. The summed E-state index contributed by atoms with van der Waals surface area (Å²) in [4.78, 5) is 12.3. The van der Waals surface area contributed by atoms with E-state index in [2.05, 4.69) is 16.3 Å². The molecule has 0 unspecified atom stereocenters. The van der Waals surface area contributed by atoms with Gasteiger partial charge in [-0.1, -0.05) is 29.0 Å². The minimum Gasteiger partial charge on any atom is -0.494 e. The molecule has 0 N–H and O–H groups in total. The number of Topliss-reactive ketones (excluding diaryl/α,β-unsaturated/α-hetero) is 1. The number of hydrogen-bond acceptors (Lipinski definition) is 6. The fourth-order valence-electron chi connectivity index (χ4n) is 2.60. The van der Waals surface area contributed by atoms with Crippen molar-refractivity contribution in [2.75, 3.05) is 12.4 Å². The first-order valence-electron chi connectivity index (χ1n) is 8.36. The van der Waals surface area contributed by atoms with Gasteiger partial charge in [0.05, 0.1) is 12.4 Å². The second-order valence-corrected chi connectivity index (χ2v) is 6.85. The zero-order chi connectivity index (χ0) is 18.5. The van der Waals surface area contributed by atoms with Gasteiger partial charge in [-0.2, -0.15) is 0 Å². The Labute approximate surface area is 156 Å². The number of ketones is 1. The van der Waals surface area contributed by atoms with Gasteiger partial charge in [-0.25, -0.2) is 0 Å². The summed E-state index contributed by atoms with van der Waals surface area (Å²) in [6.45, 7) is 6.57. The van der Waals surface area contributed by atoms with Gasteiger partial charge in [0.15, 0.2) is 5.78 Å². The maximum Gasteiger partial charge on any atom is 0.277 e. The summed E-state index contributed by atoms with van der Waals surface area (Å²) in [6, 6.07) is 13.2. The lowest BCUT2D eigenvalue weighted by molar-refractivity contribution is 0.102. The number of ether oxygens (including phenoxy) is 1. The summed E-state index contributed by atoms with van der Waals surface area (Å²) in [5.41, 5.74) is 3.80. The molecule has 0 atom stereocenters. The van der Waals surface area contributed by atoms with Gasteiger partial charge in [-0.05, 0) is 57.2 Å². The average molecular weight is 368 g/mol. The number of aromatic nitrogens is 2. The Morgan fingerprint density at radius 1 is 1.08 bits per heavy atom. The van der Waals surface area contributed by atoms with Crippen molar-refractivity contribution < 1.29 is 13.9 Å². The number of aryl methyl sites for hydroxylation is 2. The van der Waals surface area contributed by atoms with Crippen LogP contribution in [0.4, 0.5) is 0 Å². The van der Waals surface area contributed by atoms with Crippen LogP contribution < -0.4 is 4.74 Å². The van der Waals surface area contributed by atoms with E-state index in [0.717, 1.165) is 22.4 Å². The molecule has 0 amide bonds. The van der Waals surface area contributed by atoms with Crippen molar-refractivity contribution in [2.24, 2.45) is 0 Å². The molecule has 6 heteroatoms. The summed E-state index contributed by atoms with van der Waals surface area (Å²) >= 11 is 1.24. The lowest BCUT2D eigenvalue weighted by Crippen LogP contribution is -2.02. The molecule has 1 heterocycles. The predicted molar refractivity (Wildman–Crippen MR) is 102 cm³/mol. The summed E-state index contributed by atoms with van der Waals surface area (Å²) < 4.78 is 11.1. The quantitative estimate of drug-likeness (QED) is 0.444. The smallest absolute Gasteiger partial charge is 0.277 e. The van der Waals surface area contributed by atoms with E-state index in [4.69, 9.17) is 9.15 Å². The van der Waals surface area contributed by atoms with Gasteiger partial charge in [-0.3, -0.25) is 4.79 Å². The molecule has 5 nitrogen and oxygen atoms in total. The fraction of sp³-hybridized carbons (Fsp3) is 0.250. The molecule has 0 aliphatic heterocycles. The second kappa shape index (κ2) is 8.19. The van der Waals surface area contributed by atoms with Crippen molar-refractivity contribution in [1.29, 1.82) is 0 Å². The number of hydrogen-bond donors (Lipinski definition) is 0. The summed E-state index contributed by atoms with van der Waals surface area (Å²) in [5, 5.41) is 8.50. The molecule has 0 spiro atoms. The topological polar surface area (TPSA) is 65.2 Å². The molecule has 134 valence electrons. The standard InChI is InChI=1S/C20H20N2O3S/c1-4-24-17-7-5-15(6-8-17)18(23)12-26-20-22-21-19(25-20)16-10-13(2)9-14(3)11-16/h5-11H,4,12H2,1-3H3. The maximum absolute atomic E-state index is 12.3. The largest absolute Gasteiger partial charge is 0.494 e. The molecule has 0 bridgehead atoms. The van der Waals surface area contributed by atoms with Crippen molar-refractivity contribution in [1.82, 2.24) is 10.2 Å². The summed E-state index contributed by atoms with van der Waals surface area (Å²) in [7, 11) is 0. The highest BCUT2D eigenvalue weighted by atomic mass is 32.2. The Bertz CT molecular complexity index is 883. The van der Waals surface area contributed by atoms with Crippen LogP contribution in [0.25, 0.3) is 11.5 Å². The zero-order valence-corrected chi connectivity index (χ0v) is 15.8. The molecule has 2 aromatic carbocycles. The number of carbonyl (C=O) groups excluding carboxylic acids is 1. The number of rotatable bonds is 7. The van der Waals surface area contributed by atoms with E-state index < -0.39 is 0 Å². The highest BCUT2D eigenvalue weighted by Crippen LogP contribution is 2.25. The van der Waals surface area contributed by atoms with Crippen LogP contribution in [-0.2, 0) is 0 Å². The van der Waals surface area contributed by atoms with Crippen LogP contribution in [0.15, 0.2) is 52.1 Å². The Kier molecular flexibility index (Phi) is 5.73. The average Bonchev–Trinajstić information content (AvgIpc) is 3.09.